The van der Waals surface area contributed by atoms with E-state index in [4.69, 9.17) is 9.84 Å². The van der Waals surface area contributed by atoms with E-state index in [9.17, 15) is 15.0 Å². The van der Waals surface area contributed by atoms with Crippen LogP contribution in [0.4, 0.5) is 0 Å². The lowest BCUT2D eigenvalue weighted by Gasteiger charge is -2.42. The van der Waals surface area contributed by atoms with Crippen molar-refractivity contribution in [3.63, 3.8) is 0 Å². The third-order valence-electron chi connectivity index (χ3n) is 2.58. The van der Waals surface area contributed by atoms with Crippen LogP contribution in [0.2, 0.25) is 0 Å². The molecule has 100 valence electrons. The summed E-state index contributed by atoms with van der Waals surface area (Å²) in [7, 11) is 0. The van der Waals surface area contributed by atoms with Crippen LogP contribution in [0.25, 0.3) is 0 Å². The summed E-state index contributed by atoms with van der Waals surface area (Å²) in [6, 6.07) is -0.671. The van der Waals surface area contributed by atoms with Crippen LogP contribution < -0.4 is 5.32 Å². The Kier molecular flexibility index (Phi) is 5.68. The standard InChI is InChI=1S/C10H19NO5S/c1-3-17-10-7(11-5(2)13)9(15)8(14)6(4-12)16-10/h6-10,12,14-15H,3-4H2,1-2H3,(H,11,13)/t6-,7-,8+,9-,10+/m1/s1. The molecule has 1 aliphatic heterocycles. The minimum absolute atomic E-state index is 0.297. The molecule has 0 aliphatic carbocycles. The van der Waals surface area contributed by atoms with Gasteiger partial charge in [0.1, 0.15) is 23.7 Å². The van der Waals surface area contributed by atoms with Crippen molar-refractivity contribution in [2.24, 2.45) is 0 Å². The summed E-state index contributed by atoms with van der Waals surface area (Å²) in [6.45, 7) is 2.89. The van der Waals surface area contributed by atoms with Gasteiger partial charge in [-0.05, 0) is 5.75 Å². The first kappa shape index (κ1) is 14.7. The highest BCUT2D eigenvalue weighted by Gasteiger charge is 2.44. The molecule has 0 aromatic heterocycles. The molecular formula is C10H19NO5S. The molecule has 1 aliphatic rings. The molecular weight excluding hydrogens is 246 g/mol. The number of carbonyl (C=O) groups excluding carboxylic acids is 1. The van der Waals surface area contributed by atoms with Gasteiger partial charge >= 0.3 is 0 Å². The zero-order valence-electron chi connectivity index (χ0n) is 9.87. The monoisotopic (exact) mass is 265 g/mol. The second-order valence-electron chi connectivity index (χ2n) is 3.89. The van der Waals surface area contributed by atoms with Gasteiger partial charge < -0.3 is 25.4 Å². The molecule has 1 heterocycles. The average Bonchev–Trinajstić information content (AvgIpc) is 2.28. The molecule has 0 saturated carbocycles. The highest BCUT2D eigenvalue weighted by atomic mass is 32.2. The molecule has 17 heavy (non-hydrogen) atoms. The van der Waals surface area contributed by atoms with Crippen LogP contribution in [0.1, 0.15) is 13.8 Å². The third kappa shape index (κ3) is 3.56. The Morgan fingerprint density at radius 3 is 2.53 bits per heavy atom. The summed E-state index contributed by atoms with van der Waals surface area (Å²) < 4.78 is 5.46. The Balaban J connectivity index is 2.78. The predicted octanol–water partition coefficient (Wildman–Crippen LogP) is -1.32. The Labute approximate surface area is 104 Å². The number of hydrogen-bond acceptors (Lipinski definition) is 6. The SMILES string of the molecule is CCS[C@@H]1O[C@H](CO)[C@H](O)[C@H](O)[C@H]1NC(C)=O. The Hall–Kier alpha value is -0.340. The summed E-state index contributed by atoms with van der Waals surface area (Å²) >= 11 is 1.41. The van der Waals surface area contributed by atoms with Crippen LogP contribution in [0.15, 0.2) is 0 Å². The summed E-state index contributed by atoms with van der Waals surface area (Å²) in [5, 5.41) is 31.2. The van der Waals surface area contributed by atoms with E-state index in [1.165, 1.54) is 18.7 Å². The number of nitrogens with one attached hydrogen (secondary N) is 1. The van der Waals surface area contributed by atoms with Crippen molar-refractivity contribution < 1.29 is 24.9 Å². The van der Waals surface area contributed by atoms with Crippen LogP contribution in [-0.2, 0) is 9.53 Å². The van der Waals surface area contributed by atoms with Gasteiger partial charge in [-0.25, -0.2) is 0 Å². The summed E-state index contributed by atoms with van der Waals surface area (Å²) in [5.74, 6) is 0.441. The molecule has 1 rings (SSSR count). The number of ether oxygens (including phenoxy) is 1. The van der Waals surface area contributed by atoms with Crippen molar-refractivity contribution in [2.75, 3.05) is 12.4 Å². The summed E-state index contributed by atoms with van der Waals surface area (Å²) in [6.07, 6.45) is -3.17. The van der Waals surface area contributed by atoms with E-state index in [0.29, 0.717) is 0 Å². The van der Waals surface area contributed by atoms with Crippen LogP contribution in [0, 0.1) is 0 Å². The third-order valence-corrected chi connectivity index (χ3v) is 3.65. The first-order valence-corrected chi connectivity index (χ1v) is 6.57. The quantitative estimate of drug-likeness (QED) is 0.503. The zero-order chi connectivity index (χ0) is 13.0. The molecule has 0 aromatic rings. The highest BCUT2D eigenvalue weighted by molar-refractivity contribution is 7.99. The number of aliphatic hydroxyl groups excluding tert-OH is 3. The van der Waals surface area contributed by atoms with Gasteiger partial charge in [0.25, 0.3) is 0 Å². The second-order valence-corrected chi connectivity index (χ2v) is 5.26. The zero-order valence-corrected chi connectivity index (χ0v) is 10.7. The number of carbonyl (C=O) groups is 1. The molecule has 0 radical (unpaired) electrons. The molecule has 0 spiro atoms. The van der Waals surface area contributed by atoms with E-state index < -0.39 is 29.8 Å². The fraction of sp³-hybridized carbons (Fsp3) is 0.900. The number of thioether (sulfide) groups is 1. The van der Waals surface area contributed by atoms with Gasteiger partial charge in [-0.15, -0.1) is 11.8 Å². The maximum absolute atomic E-state index is 11.0. The van der Waals surface area contributed by atoms with Gasteiger partial charge in [0.2, 0.25) is 5.91 Å². The Morgan fingerprint density at radius 2 is 2.06 bits per heavy atom. The van der Waals surface area contributed by atoms with Crippen molar-refractivity contribution in [2.45, 2.75) is 43.6 Å². The van der Waals surface area contributed by atoms with Gasteiger partial charge in [-0.3, -0.25) is 4.79 Å². The number of amides is 1. The van der Waals surface area contributed by atoms with Crippen LogP contribution in [-0.4, -0.2) is 63.4 Å². The molecule has 0 bridgehead atoms. The number of aliphatic hydroxyl groups is 3. The van der Waals surface area contributed by atoms with E-state index in [-0.39, 0.29) is 12.5 Å². The minimum atomic E-state index is -1.20. The topological polar surface area (TPSA) is 99.0 Å². The van der Waals surface area contributed by atoms with E-state index >= 15 is 0 Å². The minimum Gasteiger partial charge on any atom is -0.394 e. The summed E-state index contributed by atoms with van der Waals surface area (Å²) in [5.41, 5.74) is -0.473. The molecule has 5 atom stereocenters. The molecule has 1 fully saturated rings. The second kappa shape index (κ2) is 6.55. The van der Waals surface area contributed by atoms with Crippen molar-refractivity contribution in [1.29, 1.82) is 0 Å². The smallest absolute Gasteiger partial charge is 0.217 e. The molecule has 6 nitrogen and oxygen atoms in total. The van der Waals surface area contributed by atoms with Gasteiger partial charge in [-0.1, -0.05) is 6.92 Å². The van der Waals surface area contributed by atoms with Crippen LogP contribution in [0.5, 0.6) is 0 Å². The highest BCUT2D eigenvalue weighted by Crippen LogP contribution is 2.28. The summed E-state index contributed by atoms with van der Waals surface area (Å²) in [4.78, 5) is 11.0. The molecule has 1 amide bonds. The molecule has 7 heteroatoms. The van der Waals surface area contributed by atoms with Gasteiger partial charge in [0.05, 0.1) is 12.6 Å². The maximum Gasteiger partial charge on any atom is 0.217 e. The fourth-order valence-corrected chi connectivity index (χ4v) is 2.76. The van der Waals surface area contributed by atoms with E-state index in [2.05, 4.69) is 5.32 Å². The van der Waals surface area contributed by atoms with Crippen molar-refractivity contribution in [3.8, 4) is 0 Å². The first-order chi connectivity index (χ1) is 8.01. The maximum atomic E-state index is 11.0. The Bertz CT molecular complexity index is 265. The lowest BCUT2D eigenvalue weighted by molar-refractivity contribution is -0.173. The molecule has 4 N–H and O–H groups in total. The first-order valence-electron chi connectivity index (χ1n) is 5.52. The van der Waals surface area contributed by atoms with Crippen LogP contribution >= 0.6 is 11.8 Å². The predicted molar refractivity (Wildman–Crippen MR) is 63.5 cm³/mol. The lowest BCUT2D eigenvalue weighted by atomic mass is 9.98. The van der Waals surface area contributed by atoms with E-state index in [1.807, 2.05) is 6.92 Å². The van der Waals surface area contributed by atoms with Gasteiger partial charge in [0, 0.05) is 6.92 Å². The molecule has 1 saturated heterocycles. The average molecular weight is 265 g/mol. The van der Waals surface area contributed by atoms with Gasteiger partial charge in [-0.2, -0.15) is 0 Å². The lowest BCUT2D eigenvalue weighted by Crippen LogP contribution is -2.63. The number of rotatable bonds is 4. The van der Waals surface area contributed by atoms with Crippen LogP contribution in [0.3, 0.4) is 0 Å². The fourth-order valence-electron chi connectivity index (χ4n) is 1.78. The van der Waals surface area contributed by atoms with Crippen molar-refractivity contribution >= 4 is 17.7 Å². The van der Waals surface area contributed by atoms with E-state index in [0.717, 1.165) is 5.75 Å². The Morgan fingerprint density at radius 1 is 1.41 bits per heavy atom. The van der Waals surface area contributed by atoms with Gasteiger partial charge in [0.15, 0.2) is 0 Å². The van der Waals surface area contributed by atoms with Crippen molar-refractivity contribution in [3.05, 3.63) is 0 Å². The number of hydrogen-bond donors (Lipinski definition) is 4. The van der Waals surface area contributed by atoms with Crippen molar-refractivity contribution in [1.82, 2.24) is 5.32 Å². The van der Waals surface area contributed by atoms with E-state index in [1.54, 1.807) is 0 Å². The molecule has 0 aromatic carbocycles. The normalized spacial score (nSPS) is 37.8. The molecule has 0 unspecified atom stereocenters. The largest absolute Gasteiger partial charge is 0.394 e.